The topological polar surface area (TPSA) is 84.8 Å². The van der Waals surface area contributed by atoms with Crippen molar-refractivity contribution in [2.24, 2.45) is 0 Å². The molecular weight excluding hydrogens is 467 g/mol. The van der Waals surface area contributed by atoms with E-state index in [2.05, 4.69) is 24.1 Å². The van der Waals surface area contributed by atoms with Crippen molar-refractivity contribution in [2.45, 2.75) is 18.4 Å². The lowest BCUT2D eigenvalue weighted by atomic mass is 10.1. The van der Waals surface area contributed by atoms with Gasteiger partial charge in [-0.15, -0.1) is 11.3 Å². The number of thiazole rings is 1. The first kappa shape index (κ1) is 20.1. The number of aromatic amines is 1. The van der Waals surface area contributed by atoms with Crippen molar-refractivity contribution in [3.8, 4) is 17.1 Å². The minimum Gasteiger partial charge on any atom is -0.363 e. The van der Waals surface area contributed by atoms with Crippen molar-refractivity contribution in [2.75, 3.05) is 4.72 Å². The van der Waals surface area contributed by atoms with E-state index in [1.165, 1.54) is 11.3 Å². The van der Waals surface area contributed by atoms with Crippen LogP contribution in [0.5, 0.6) is 5.88 Å². The summed E-state index contributed by atoms with van der Waals surface area (Å²) in [6, 6.07) is 3.40. The third-order valence-corrected chi connectivity index (χ3v) is 6.43. The summed E-state index contributed by atoms with van der Waals surface area (Å²) in [5.74, 6) is -0.448. The molecule has 0 saturated heterocycles. The van der Waals surface area contributed by atoms with Crippen molar-refractivity contribution < 1.29 is 17.3 Å². The summed E-state index contributed by atoms with van der Waals surface area (Å²) >= 11 is 13.1. The molecule has 0 aliphatic heterocycles. The monoisotopic (exact) mass is 477 g/mol. The number of alkyl halides is 2. The molecule has 4 aromatic rings. The van der Waals surface area contributed by atoms with Gasteiger partial charge < -0.3 is 9.27 Å². The van der Waals surface area contributed by atoms with Gasteiger partial charge in [0, 0.05) is 22.5 Å². The molecule has 3 aromatic heterocycles. The molecule has 13 heteroatoms. The van der Waals surface area contributed by atoms with Crippen LogP contribution in [-0.4, -0.2) is 24.0 Å². The number of nitrogens with zero attached hydrogens (tertiary/aromatic N) is 3. The van der Waals surface area contributed by atoms with E-state index in [1.54, 1.807) is 18.3 Å². The highest BCUT2D eigenvalue weighted by molar-refractivity contribution is 7.86. The van der Waals surface area contributed by atoms with Crippen molar-refractivity contribution >= 4 is 62.4 Å². The van der Waals surface area contributed by atoms with Crippen molar-refractivity contribution in [1.82, 2.24) is 19.7 Å². The molecule has 4 rings (SSSR count). The molecule has 3 heterocycles. The standard InChI is InChI=1S/C16H11Cl2F2N5O2S2/c1-7-23-11(6-28-7)13-9(17)3-2-8-12(5-21-14(8)13)29(26)24-10-4-22-25(16(19)20)15(10)27-18/h2-6,16,21,24H,1H3. The Morgan fingerprint density at radius 1 is 1.41 bits per heavy atom. The van der Waals surface area contributed by atoms with Gasteiger partial charge >= 0.3 is 6.55 Å². The smallest absolute Gasteiger partial charge is 0.336 e. The van der Waals surface area contributed by atoms with Crippen molar-refractivity contribution in [3.05, 3.63) is 39.9 Å². The molecule has 0 amide bonds. The number of hydrogen-bond acceptors (Lipinski definition) is 5. The number of aryl methyl sites for hydroxylation is 1. The Bertz CT molecular complexity index is 1220. The number of anilines is 1. The van der Waals surface area contributed by atoms with E-state index < -0.39 is 23.4 Å². The molecule has 0 bridgehead atoms. The van der Waals surface area contributed by atoms with E-state index in [1.807, 2.05) is 12.3 Å². The highest BCUT2D eigenvalue weighted by Crippen LogP contribution is 2.38. The van der Waals surface area contributed by atoms with E-state index in [-0.39, 0.29) is 10.4 Å². The third kappa shape index (κ3) is 3.59. The zero-order valence-corrected chi connectivity index (χ0v) is 17.6. The SMILES string of the molecule is Cc1nc(-c2c(Cl)ccc3c(S(=O)Nc4cnn(C(F)F)c4OCl)c[nH]c23)cs1. The van der Waals surface area contributed by atoms with Gasteiger partial charge in [0.05, 0.1) is 32.3 Å². The molecule has 1 unspecified atom stereocenters. The Kier molecular flexibility index (Phi) is 5.47. The molecule has 0 saturated carbocycles. The Morgan fingerprint density at radius 3 is 2.86 bits per heavy atom. The predicted octanol–water partition coefficient (Wildman–Crippen LogP) is 5.51. The van der Waals surface area contributed by atoms with Gasteiger partial charge in [-0.1, -0.05) is 17.7 Å². The fourth-order valence-corrected chi connectivity index (χ4v) is 4.82. The van der Waals surface area contributed by atoms with Gasteiger partial charge in [-0.2, -0.15) is 18.6 Å². The second-order valence-corrected chi connectivity index (χ2v) is 8.59. The van der Waals surface area contributed by atoms with Crippen LogP contribution in [0.3, 0.4) is 0 Å². The van der Waals surface area contributed by atoms with Crippen LogP contribution in [0.2, 0.25) is 5.02 Å². The molecule has 1 atom stereocenters. The molecule has 0 aliphatic rings. The van der Waals surface area contributed by atoms with E-state index in [0.717, 1.165) is 11.2 Å². The van der Waals surface area contributed by atoms with Gasteiger partial charge in [0.2, 0.25) is 0 Å². The summed E-state index contributed by atoms with van der Waals surface area (Å²) in [7, 11) is -1.83. The van der Waals surface area contributed by atoms with Crippen LogP contribution < -0.4 is 9.01 Å². The van der Waals surface area contributed by atoms with Gasteiger partial charge in [-0.05, 0) is 13.0 Å². The van der Waals surface area contributed by atoms with Gasteiger partial charge in [0.1, 0.15) is 17.6 Å². The minimum absolute atomic E-state index is 0.0442. The minimum atomic E-state index is -2.97. The van der Waals surface area contributed by atoms with Crippen LogP contribution in [0, 0.1) is 6.92 Å². The highest BCUT2D eigenvalue weighted by Gasteiger charge is 2.22. The number of halogens is 4. The Balaban J connectivity index is 1.73. The summed E-state index contributed by atoms with van der Waals surface area (Å²) in [6.07, 6.45) is 2.60. The normalized spacial score (nSPS) is 12.6. The largest absolute Gasteiger partial charge is 0.363 e. The summed E-state index contributed by atoms with van der Waals surface area (Å²) in [6.45, 7) is -1.08. The fourth-order valence-electron chi connectivity index (χ4n) is 2.82. The first-order valence-corrected chi connectivity index (χ1v) is 10.7. The van der Waals surface area contributed by atoms with Gasteiger partial charge in [-0.25, -0.2) is 9.19 Å². The van der Waals surface area contributed by atoms with Crippen LogP contribution >= 0.6 is 34.8 Å². The van der Waals surface area contributed by atoms with E-state index >= 15 is 0 Å². The van der Waals surface area contributed by atoms with Crippen LogP contribution in [-0.2, 0) is 11.0 Å². The fraction of sp³-hybridized carbons (Fsp3) is 0.125. The lowest BCUT2D eigenvalue weighted by molar-refractivity contribution is 0.0515. The van der Waals surface area contributed by atoms with Crippen LogP contribution in [0.4, 0.5) is 14.5 Å². The van der Waals surface area contributed by atoms with E-state index in [4.69, 9.17) is 23.5 Å². The van der Waals surface area contributed by atoms with E-state index in [9.17, 15) is 13.0 Å². The number of benzene rings is 1. The lowest BCUT2D eigenvalue weighted by Gasteiger charge is -2.07. The molecule has 29 heavy (non-hydrogen) atoms. The quantitative estimate of drug-likeness (QED) is 0.383. The lowest BCUT2D eigenvalue weighted by Crippen LogP contribution is -2.06. The molecule has 1 aromatic carbocycles. The van der Waals surface area contributed by atoms with E-state index in [0.29, 0.717) is 32.1 Å². The molecule has 0 radical (unpaired) electrons. The Morgan fingerprint density at radius 2 is 2.21 bits per heavy atom. The number of nitrogens with one attached hydrogen (secondary N) is 2. The predicted molar refractivity (Wildman–Crippen MR) is 109 cm³/mol. The Labute approximate surface area is 179 Å². The first-order valence-electron chi connectivity index (χ1n) is 7.95. The van der Waals surface area contributed by atoms with Crippen molar-refractivity contribution in [3.63, 3.8) is 0 Å². The molecule has 0 aliphatic carbocycles. The number of fused-ring (bicyclic) bond motifs is 1. The number of hydrogen-bond donors (Lipinski definition) is 2. The highest BCUT2D eigenvalue weighted by atomic mass is 35.5. The zero-order chi connectivity index (χ0) is 20.7. The zero-order valence-electron chi connectivity index (χ0n) is 14.5. The van der Waals surface area contributed by atoms with Crippen LogP contribution in [0.15, 0.2) is 34.8 Å². The average molecular weight is 478 g/mol. The van der Waals surface area contributed by atoms with Crippen molar-refractivity contribution in [1.29, 1.82) is 0 Å². The summed E-state index contributed by atoms with van der Waals surface area (Å²) in [4.78, 5) is 7.92. The van der Waals surface area contributed by atoms with Crippen LogP contribution in [0.1, 0.15) is 11.6 Å². The second kappa shape index (κ2) is 7.90. The molecule has 152 valence electrons. The number of rotatable bonds is 6. The van der Waals surface area contributed by atoms with Crippen LogP contribution in [0.25, 0.3) is 22.2 Å². The summed E-state index contributed by atoms with van der Waals surface area (Å²) < 4.78 is 46.0. The molecule has 2 N–H and O–H groups in total. The molecular formula is C16H11Cl2F2N5O2S2. The average Bonchev–Trinajstić information content (AvgIpc) is 3.39. The summed E-state index contributed by atoms with van der Waals surface area (Å²) in [5.41, 5.74) is 2.00. The number of H-pyrrole nitrogens is 1. The molecule has 0 fully saturated rings. The molecule has 7 nitrogen and oxygen atoms in total. The second-order valence-electron chi connectivity index (χ2n) is 5.78. The molecule has 0 spiro atoms. The maximum atomic E-state index is 12.9. The van der Waals surface area contributed by atoms with Gasteiger partial charge in [-0.3, -0.25) is 4.72 Å². The van der Waals surface area contributed by atoms with Gasteiger partial charge in [0.15, 0.2) is 11.0 Å². The Hall–Kier alpha value is -2.21. The maximum absolute atomic E-state index is 12.9. The summed E-state index contributed by atoms with van der Waals surface area (Å²) in [5, 5.41) is 7.37. The van der Waals surface area contributed by atoms with Gasteiger partial charge in [0.25, 0.3) is 5.88 Å². The maximum Gasteiger partial charge on any atom is 0.336 e. The first-order chi connectivity index (χ1) is 13.9. The third-order valence-electron chi connectivity index (χ3n) is 4.05. The number of aromatic nitrogens is 4.